The molecule has 2 aliphatic heterocycles. The first kappa shape index (κ1) is 33.0. The van der Waals surface area contributed by atoms with Crippen molar-refractivity contribution in [3.63, 3.8) is 0 Å². The number of anilines is 2. The van der Waals surface area contributed by atoms with E-state index in [9.17, 15) is 4.79 Å². The summed E-state index contributed by atoms with van der Waals surface area (Å²) >= 11 is 12.7. The molecule has 15 nitrogen and oxygen atoms in total. The molecule has 2 aliphatic rings. The first-order valence-electron chi connectivity index (χ1n) is 16.0. The van der Waals surface area contributed by atoms with Crippen LogP contribution in [-0.2, 0) is 21.8 Å². The molecule has 0 N–H and O–H groups in total. The number of nitrogens with zero attached hydrogens (tertiary/aromatic N) is 11. The number of hydrogen-bond acceptors (Lipinski definition) is 12. The summed E-state index contributed by atoms with van der Waals surface area (Å²) in [7, 11) is 0. The predicted molar refractivity (Wildman–Crippen MR) is 182 cm³/mol. The van der Waals surface area contributed by atoms with E-state index in [4.69, 9.17) is 37.4 Å². The van der Waals surface area contributed by atoms with Crippen LogP contribution < -0.4 is 20.2 Å². The molecule has 256 valence electrons. The molecule has 0 aliphatic carbocycles. The Kier molecular flexibility index (Phi) is 9.49. The van der Waals surface area contributed by atoms with E-state index >= 15 is 0 Å². The van der Waals surface area contributed by atoms with E-state index < -0.39 is 5.79 Å². The Hall–Kier alpha value is -4.57. The van der Waals surface area contributed by atoms with Crippen LogP contribution >= 0.6 is 23.2 Å². The minimum Gasteiger partial charge on any atom is -0.491 e. The van der Waals surface area contributed by atoms with Gasteiger partial charge in [0.15, 0.2) is 5.82 Å². The summed E-state index contributed by atoms with van der Waals surface area (Å²) in [5, 5.41) is 16.6. The van der Waals surface area contributed by atoms with Crippen molar-refractivity contribution in [1.29, 1.82) is 0 Å². The van der Waals surface area contributed by atoms with Gasteiger partial charge in [0.25, 0.3) is 0 Å². The standard InChI is InChI=1S/C32H35Cl2N11O4/c1-3-22(2)45-31(46)44(21-38-45)30-16-35-29(15-36-30)42-12-10-41(11-13-42)24-5-7-25(8-6-24)47-17-26-18-48-32(49-26,19-43-20-37-39-40-43)27-9-4-23(33)14-28(27)34/h4-9,14-16,20-22,26H,3,10-13,17-19H2,1-2H3/t22?,26-,32-/m1/s1. The van der Waals surface area contributed by atoms with Crippen LogP contribution in [0.25, 0.3) is 5.82 Å². The molecule has 17 heteroatoms. The fourth-order valence-electron chi connectivity index (χ4n) is 5.91. The second-order valence-electron chi connectivity index (χ2n) is 11.9. The van der Waals surface area contributed by atoms with Crippen molar-refractivity contribution in [2.24, 2.45) is 0 Å². The van der Waals surface area contributed by atoms with Crippen LogP contribution in [0.15, 0.2) is 72.3 Å². The van der Waals surface area contributed by atoms with Gasteiger partial charge in [-0.2, -0.15) is 5.10 Å². The van der Waals surface area contributed by atoms with Crippen molar-refractivity contribution >= 4 is 34.7 Å². The molecule has 2 fully saturated rings. The second kappa shape index (κ2) is 14.1. The van der Waals surface area contributed by atoms with Gasteiger partial charge in [0.05, 0.1) is 30.1 Å². The highest BCUT2D eigenvalue weighted by atomic mass is 35.5. The summed E-state index contributed by atoms with van der Waals surface area (Å²) in [6.07, 6.45) is 6.76. The Balaban J connectivity index is 0.925. The number of aromatic nitrogens is 9. The van der Waals surface area contributed by atoms with Gasteiger partial charge in [-0.25, -0.2) is 28.7 Å². The lowest BCUT2D eigenvalue weighted by Crippen LogP contribution is -2.46. The second-order valence-corrected chi connectivity index (χ2v) is 12.8. The first-order valence-corrected chi connectivity index (χ1v) is 16.8. The summed E-state index contributed by atoms with van der Waals surface area (Å²) in [5.41, 5.74) is 1.51. The normalized spacial score (nSPS) is 20.1. The highest BCUT2D eigenvalue weighted by Gasteiger charge is 2.45. The molecule has 5 aromatic rings. The molecule has 3 aromatic heterocycles. The topological polar surface area (TPSA) is 143 Å². The van der Waals surface area contributed by atoms with Gasteiger partial charge in [-0.05, 0) is 60.2 Å². The third-order valence-corrected chi connectivity index (χ3v) is 9.33. The maximum Gasteiger partial charge on any atom is 0.351 e. The van der Waals surface area contributed by atoms with Gasteiger partial charge in [0.1, 0.15) is 43.5 Å². The van der Waals surface area contributed by atoms with Gasteiger partial charge in [0, 0.05) is 42.5 Å². The summed E-state index contributed by atoms with van der Waals surface area (Å²) in [6.45, 7) is 7.93. The molecule has 0 bridgehead atoms. The number of halogens is 2. The van der Waals surface area contributed by atoms with E-state index in [0.717, 1.165) is 49.9 Å². The van der Waals surface area contributed by atoms with E-state index in [1.807, 2.05) is 26.0 Å². The number of piperazine rings is 1. The molecule has 0 amide bonds. The van der Waals surface area contributed by atoms with Crippen molar-refractivity contribution < 1.29 is 14.2 Å². The van der Waals surface area contributed by atoms with E-state index in [-0.39, 0.29) is 37.6 Å². The Morgan fingerprint density at radius 3 is 2.45 bits per heavy atom. The van der Waals surface area contributed by atoms with Crippen LogP contribution in [0.2, 0.25) is 10.0 Å². The van der Waals surface area contributed by atoms with Crippen LogP contribution in [-0.4, -0.2) is 90.0 Å². The third kappa shape index (κ3) is 6.97. The number of benzene rings is 2. The summed E-state index contributed by atoms with van der Waals surface area (Å²) < 4.78 is 23.2. The Labute approximate surface area is 291 Å². The van der Waals surface area contributed by atoms with Crippen molar-refractivity contribution in [3.05, 3.63) is 93.6 Å². The first-order chi connectivity index (χ1) is 23.8. The average molecular weight is 709 g/mol. The number of ether oxygens (including phenoxy) is 3. The smallest absolute Gasteiger partial charge is 0.351 e. The van der Waals surface area contributed by atoms with E-state index in [0.29, 0.717) is 21.4 Å². The molecule has 0 radical (unpaired) electrons. The molecule has 2 aromatic carbocycles. The zero-order chi connectivity index (χ0) is 34.0. The molecule has 7 rings (SSSR count). The van der Waals surface area contributed by atoms with Crippen LogP contribution in [0.4, 0.5) is 11.5 Å². The quantitative estimate of drug-likeness (QED) is 0.197. The highest BCUT2D eigenvalue weighted by Crippen LogP contribution is 2.40. The van der Waals surface area contributed by atoms with Crippen LogP contribution in [0.3, 0.4) is 0 Å². The van der Waals surface area contributed by atoms with Gasteiger partial charge in [-0.1, -0.05) is 36.2 Å². The van der Waals surface area contributed by atoms with Gasteiger partial charge in [-0.3, -0.25) is 0 Å². The number of tetrazole rings is 1. The van der Waals surface area contributed by atoms with E-state index in [1.54, 1.807) is 30.6 Å². The monoisotopic (exact) mass is 707 g/mol. The van der Waals surface area contributed by atoms with Gasteiger partial charge in [0.2, 0.25) is 5.79 Å². The van der Waals surface area contributed by atoms with Gasteiger partial charge in [-0.15, -0.1) is 5.10 Å². The molecule has 0 spiro atoms. The molecular weight excluding hydrogens is 673 g/mol. The van der Waals surface area contributed by atoms with Crippen molar-refractivity contribution in [1.82, 2.24) is 44.5 Å². The lowest BCUT2D eigenvalue weighted by atomic mass is 10.1. The molecular formula is C32H35Cl2N11O4. The minimum atomic E-state index is -1.21. The van der Waals surface area contributed by atoms with Gasteiger partial charge < -0.3 is 24.0 Å². The maximum atomic E-state index is 12.7. The largest absolute Gasteiger partial charge is 0.491 e. The molecule has 1 unspecified atom stereocenters. The van der Waals surface area contributed by atoms with Gasteiger partial charge >= 0.3 is 5.69 Å². The Morgan fingerprint density at radius 1 is 1.00 bits per heavy atom. The lowest BCUT2D eigenvalue weighted by molar-refractivity contribution is -0.190. The highest BCUT2D eigenvalue weighted by molar-refractivity contribution is 6.35. The zero-order valence-corrected chi connectivity index (χ0v) is 28.5. The number of rotatable bonds is 11. The molecule has 0 saturated carbocycles. The fourth-order valence-corrected chi connectivity index (χ4v) is 6.46. The molecule has 5 heterocycles. The summed E-state index contributed by atoms with van der Waals surface area (Å²) in [4.78, 5) is 26.3. The zero-order valence-electron chi connectivity index (χ0n) is 27.0. The molecule has 2 saturated heterocycles. The van der Waals surface area contributed by atoms with Crippen molar-refractivity contribution in [2.75, 3.05) is 49.2 Å². The van der Waals surface area contributed by atoms with Crippen LogP contribution in [0.1, 0.15) is 31.9 Å². The average Bonchev–Trinajstić information content (AvgIpc) is 3.88. The SMILES string of the molecule is CCC(C)n1ncn(-c2cnc(N3CCN(c4ccc(OC[C@@H]5CO[C@@](Cn6cnnn6)(c6ccc(Cl)cc6Cl)O5)cc4)CC3)cn2)c1=O. The summed E-state index contributed by atoms with van der Waals surface area (Å²) in [5.74, 6) is 0.734. The van der Waals surface area contributed by atoms with E-state index in [1.165, 1.54) is 26.6 Å². The Bertz CT molecular complexity index is 1910. The van der Waals surface area contributed by atoms with Crippen LogP contribution in [0.5, 0.6) is 5.75 Å². The van der Waals surface area contributed by atoms with Crippen molar-refractivity contribution in [3.8, 4) is 11.6 Å². The van der Waals surface area contributed by atoms with Crippen LogP contribution in [0, 0.1) is 0 Å². The molecule has 49 heavy (non-hydrogen) atoms. The number of hydrogen-bond donors (Lipinski definition) is 0. The predicted octanol–water partition coefficient (Wildman–Crippen LogP) is 3.76. The fraction of sp³-hybridized carbons (Fsp3) is 0.406. The maximum absolute atomic E-state index is 12.7. The molecule has 3 atom stereocenters. The van der Waals surface area contributed by atoms with E-state index in [2.05, 4.69) is 52.5 Å². The minimum absolute atomic E-state index is 0.0147. The Morgan fingerprint density at radius 2 is 1.76 bits per heavy atom. The third-order valence-electron chi connectivity index (χ3n) is 8.78. The lowest BCUT2D eigenvalue weighted by Gasteiger charge is -2.36. The van der Waals surface area contributed by atoms with Crippen molar-refractivity contribution in [2.45, 2.75) is 44.7 Å². The summed E-state index contributed by atoms with van der Waals surface area (Å²) in [6, 6.07) is 13.2.